The van der Waals surface area contributed by atoms with E-state index in [0.717, 1.165) is 4.47 Å². The maximum atomic E-state index is 12.4. The summed E-state index contributed by atoms with van der Waals surface area (Å²) in [5.74, 6) is 0.448. The second-order valence-corrected chi connectivity index (χ2v) is 8.38. The molecule has 2 N–H and O–H groups in total. The van der Waals surface area contributed by atoms with Crippen molar-refractivity contribution < 1.29 is 9.59 Å². The van der Waals surface area contributed by atoms with E-state index in [-0.39, 0.29) is 24.1 Å². The van der Waals surface area contributed by atoms with Crippen molar-refractivity contribution in [1.82, 2.24) is 20.1 Å². The molecule has 0 fully saturated rings. The number of amides is 2. The second-order valence-electron chi connectivity index (χ2n) is 6.15. The highest BCUT2D eigenvalue weighted by atomic mass is 79.9. The van der Waals surface area contributed by atoms with Crippen molar-refractivity contribution in [3.63, 3.8) is 0 Å². The van der Waals surface area contributed by atoms with Gasteiger partial charge in [0.1, 0.15) is 0 Å². The Hall–Kier alpha value is -2.36. The van der Waals surface area contributed by atoms with Crippen LogP contribution in [0.3, 0.4) is 0 Å². The summed E-state index contributed by atoms with van der Waals surface area (Å²) in [6.07, 6.45) is 0. The molecule has 0 aliphatic heterocycles. The summed E-state index contributed by atoms with van der Waals surface area (Å²) in [5, 5.41) is 15.2. The van der Waals surface area contributed by atoms with E-state index in [2.05, 4.69) is 36.8 Å². The zero-order chi connectivity index (χ0) is 21.5. The van der Waals surface area contributed by atoms with Gasteiger partial charge in [-0.15, -0.1) is 10.2 Å². The number of benzene rings is 2. The summed E-state index contributed by atoms with van der Waals surface area (Å²) in [6, 6.07) is 14.1. The standard InChI is InChI=1S/C20H19BrClN5O2S/c1-2-27-17(11-23-19(29)15-5-3-4-6-16(15)21)25-26-20(27)30-12-18(28)24-14-9-7-13(22)8-10-14/h3-10H,2,11-12H2,1H3,(H,23,29)(H,24,28). The van der Waals surface area contributed by atoms with E-state index in [4.69, 9.17) is 11.6 Å². The normalized spacial score (nSPS) is 10.6. The molecule has 30 heavy (non-hydrogen) atoms. The third kappa shape index (κ3) is 5.84. The molecule has 0 saturated heterocycles. The van der Waals surface area contributed by atoms with Crippen LogP contribution in [0.2, 0.25) is 5.02 Å². The number of hydrogen-bond acceptors (Lipinski definition) is 5. The molecule has 3 rings (SSSR count). The smallest absolute Gasteiger partial charge is 0.252 e. The molecule has 2 amide bonds. The molecular formula is C20H19BrClN5O2S. The number of rotatable bonds is 8. The number of hydrogen-bond donors (Lipinski definition) is 2. The molecule has 0 spiro atoms. The summed E-state index contributed by atoms with van der Waals surface area (Å²) in [6.45, 7) is 2.81. The van der Waals surface area contributed by atoms with Gasteiger partial charge in [0.2, 0.25) is 5.91 Å². The lowest BCUT2D eigenvalue weighted by Gasteiger charge is -2.09. The van der Waals surface area contributed by atoms with Gasteiger partial charge in [0.25, 0.3) is 5.91 Å². The van der Waals surface area contributed by atoms with Crippen LogP contribution in [0.15, 0.2) is 58.2 Å². The average Bonchev–Trinajstić information content (AvgIpc) is 3.14. The Morgan fingerprint density at radius 2 is 1.87 bits per heavy atom. The minimum atomic E-state index is -0.204. The summed E-state index contributed by atoms with van der Waals surface area (Å²) < 4.78 is 2.60. The lowest BCUT2D eigenvalue weighted by molar-refractivity contribution is -0.113. The maximum absolute atomic E-state index is 12.4. The predicted molar refractivity (Wildman–Crippen MR) is 122 cm³/mol. The van der Waals surface area contributed by atoms with Crippen LogP contribution < -0.4 is 10.6 Å². The molecule has 1 heterocycles. The molecule has 10 heteroatoms. The van der Waals surface area contributed by atoms with E-state index in [9.17, 15) is 9.59 Å². The number of nitrogens with zero attached hydrogens (tertiary/aromatic N) is 3. The Bertz CT molecular complexity index is 1040. The second kappa shape index (κ2) is 10.6. The fourth-order valence-corrected chi connectivity index (χ4v) is 4.05. The van der Waals surface area contributed by atoms with Crippen LogP contribution in [-0.4, -0.2) is 32.3 Å². The molecule has 0 bridgehead atoms. The zero-order valence-corrected chi connectivity index (χ0v) is 19.2. The molecule has 156 valence electrons. The molecule has 7 nitrogen and oxygen atoms in total. The van der Waals surface area contributed by atoms with Gasteiger partial charge in [0.15, 0.2) is 11.0 Å². The van der Waals surface area contributed by atoms with Crippen LogP contribution in [0.1, 0.15) is 23.1 Å². The number of thioether (sulfide) groups is 1. The number of halogens is 2. The predicted octanol–water partition coefficient (Wildman–Crippen LogP) is 4.37. The van der Waals surface area contributed by atoms with Crippen LogP contribution in [0.5, 0.6) is 0 Å². The molecule has 0 atom stereocenters. The van der Waals surface area contributed by atoms with Gasteiger partial charge in [-0.05, 0) is 59.3 Å². The summed E-state index contributed by atoms with van der Waals surface area (Å²) in [4.78, 5) is 24.6. The van der Waals surface area contributed by atoms with E-state index in [1.165, 1.54) is 11.8 Å². The van der Waals surface area contributed by atoms with Crippen molar-refractivity contribution in [3.05, 3.63) is 69.4 Å². The molecule has 0 radical (unpaired) electrons. The molecule has 0 aliphatic rings. The third-order valence-electron chi connectivity index (χ3n) is 4.10. The highest BCUT2D eigenvalue weighted by Crippen LogP contribution is 2.19. The Balaban J connectivity index is 1.57. The van der Waals surface area contributed by atoms with Gasteiger partial charge in [0.05, 0.1) is 17.9 Å². The van der Waals surface area contributed by atoms with Gasteiger partial charge in [0, 0.05) is 21.7 Å². The van der Waals surface area contributed by atoms with Crippen LogP contribution in [0.4, 0.5) is 5.69 Å². The van der Waals surface area contributed by atoms with E-state index in [1.807, 2.05) is 23.6 Å². The van der Waals surface area contributed by atoms with Crippen LogP contribution in [0, 0.1) is 0 Å². The van der Waals surface area contributed by atoms with Crippen LogP contribution in [-0.2, 0) is 17.9 Å². The van der Waals surface area contributed by atoms with E-state index in [1.54, 1.807) is 36.4 Å². The van der Waals surface area contributed by atoms with E-state index >= 15 is 0 Å². The van der Waals surface area contributed by atoms with Crippen LogP contribution >= 0.6 is 39.3 Å². The first-order valence-corrected chi connectivity index (χ1v) is 11.3. The number of anilines is 1. The lowest BCUT2D eigenvalue weighted by Crippen LogP contribution is -2.25. The SMILES string of the molecule is CCn1c(CNC(=O)c2ccccc2Br)nnc1SCC(=O)Nc1ccc(Cl)cc1. The highest BCUT2D eigenvalue weighted by molar-refractivity contribution is 9.10. The summed E-state index contributed by atoms with van der Waals surface area (Å²) >= 11 is 10.5. The van der Waals surface area contributed by atoms with Gasteiger partial charge in [-0.2, -0.15) is 0 Å². The van der Waals surface area contributed by atoms with Crippen LogP contribution in [0.25, 0.3) is 0 Å². The Kier molecular flexibility index (Phi) is 7.89. The summed E-state index contributed by atoms with van der Waals surface area (Å²) in [7, 11) is 0. The fourth-order valence-electron chi connectivity index (χ4n) is 2.63. The van der Waals surface area contributed by atoms with Crippen molar-refractivity contribution in [2.24, 2.45) is 0 Å². The maximum Gasteiger partial charge on any atom is 0.252 e. The number of nitrogens with one attached hydrogen (secondary N) is 2. The Morgan fingerprint density at radius 3 is 2.57 bits per heavy atom. The Labute approximate surface area is 191 Å². The topological polar surface area (TPSA) is 88.9 Å². The van der Waals surface area contributed by atoms with Crippen molar-refractivity contribution in [3.8, 4) is 0 Å². The van der Waals surface area contributed by atoms with E-state index in [0.29, 0.717) is 33.8 Å². The number of carbonyl (C=O) groups is 2. The first-order chi connectivity index (χ1) is 14.5. The monoisotopic (exact) mass is 507 g/mol. The quantitative estimate of drug-likeness (QED) is 0.441. The zero-order valence-electron chi connectivity index (χ0n) is 16.1. The third-order valence-corrected chi connectivity index (χ3v) is 6.01. The molecule has 0 unspecified atom stereocenters. The van der Waals surface area contributed by atoms with Gasteiger partial charge < -0.3 is 15.2 Å². The molecule has 0 aliphatic carbocycles. The minimum Gasteiger partial charge on any atom is -0.345 e. The number of carbonyl (C=O) groups excluding carboxylic acids is 2. The molecule has 2 aromatic carbocycles. The molecule has 1 aromatic heterocycles. The van der Waals surface area contributed by atoms with Gasteiger partial charge in [-0.25, -0.2) is 0 Å². The highest BCUT2D eigenvalue weighted by Gasteiger charge is 2.15. The largest absolute Gasteiger partial charge is 0.345 e. The molecular weight excluding hydrogens is 490 g/mol. The fraction of sp³-hybridized carbons (Fsp3) is 0.200. The summed E-state index contributed by atoms with van der Waals surface area (Å²) in [5.41, 5.74) is 1.23. The first kappa shape index (κ1) is 22.3. The van der Waals surface area contributed by atoms with Crippen molar-refractivity contribution >= 4 is 56.8 Å². The van der Waals surface area contributed by atoms with Gasteiger partial charge in [-0.1, -0.05) is 35.5 Å². The van der Waals surface area contributed by atoms with Gasteiger partial charge in [-0.3, -0.25) is 9.59 Å². The van der Waals surface area contributed by atoms with Gasteiger partial charge >= 0.3 is 0 Å². The lowest BCUT2D eigenvalue weighted by atomic mass is 10.2. The Morgan fingerprint density at radius 1 is 1.13 bits per heavy atom. The van der Waals surface area contributed by atoms with Crippen molar-refractivity contribution in [2.45, 2.75) is 25.2 Å². The molecule has 3 aromatic rings. The van der Waals surface area contributed by atoms with Crippen molar-refractivity contribution in [2.75, 3.05) is 11.1 Å². The number of aromatic nitrogens is 3. The molecule has 0 saturated carbocycles. The van der Waals surface area contributed by atoms with E-state index < -0.39 is 0 Å². The average molecular weight is 509 g/mol. The van der Waals surface area contributed by atoms with Crippen molar-refractivity contribution in [1.29, 1.82) is 0 Å². The first-order valence-electron chi connectivity index (χ1n) is 9.11. The minimum absolute atomic E-state index is 0.156.